The van der Waals surface area contributed by atoms with Gasteiger partial charge in [0.2, 0.25) is 0 Å². The third kappa shape index (κ3) is 8.28. The summed E-state index contributed by atoms with van der Waals surface area (Å²) in [5.74, 6) is -1.84. The maximum atomic E-state index is 13.1. The molecule has 0 radical (unpaired) electrons. The van der Waals surface area contributed by atoms with E-state index in [0.29, 0.717) is 22.9 Å². The topological polar surface area (TPSA) is 215 Å². The smallest absolute Gasteiger partial charge is 0.272 e. The third-order valence-electron chi connectivity index (χ3n) is 7.09. The minimum Gasteiger partial charge on any atom is -0.388 e. The molecule has 7 N–H and O–H groups in total. The number of nitrogens with one attached hydrogen (secondary N) is 5. The van der Waals surface area contributed by atoms with Gasteiger partial charge in [-0.2, -0.15) is 0 Å². The van der Waals surface area contributed by atoms with Crippen molar-refractivity contribution in [2.45, 2.75) is 11.3 Å². The molecule has 0 unspecified atom stereocenters. The van der Waals surface area contributed by atoms with E-state index < -0.39 is 27.6 Å². The van der Waals surface area contributed by atoms with Crippen molar-refractivity contribution in [3.63, 3.8) is 0 Å². The highest BCUT2D eigenvalue weighted by molar-refractivity contribution is 7.91. The van der Waals surface area contributed by atoms with Crippen LogP contribution in [-0.4, -0.2) is 69.8 Å². The van der Waals surface area contributed by atoms with Crippen molar-refractivity contribution in [3.05, 3.63) is 83.6 Å². The van der Waals surface area contributed by atoms with Gasteiger partial charge in [-0.1, -0.05) is 0 Å². The standard InChI is InChI=1S/C30H34ClN9O6S/c1-38-16-19(14-23(38)28(42)34-12-10-25(32)33)36-30(44)24-15-20(17-39(24)2)35-29(43)22-8-9-26(40(22)3)37-27(41)18-4-6-21(7-5-18)47(45,46)13-11-31/h4-9,14-17H,10-13H2,1-3H3,(H3,32,33)(H,34,42)(H,35,43)(H,36,44)(H,37,41). The van der Waals surface area contributed by atoms with E-state index in [2.05, 4.69) is 21.3 Å². The molecule has 15 nitrogen and oxygen atoms in total. The lowest BCUT2D eigenvalue weighted by atomic mass is 10.2. The van der Waals surface area contributed by atoms with Gasteiger partial charge in [0, 0.05) is 57.9 Å². The molecule has 0 aliphatic carbocycles. The molecule has 47 heavy (non-hydrogen) atoms. The monoisotopic (exact) mass is 683 g/mol. The van der Waals surface area contributed by atoms with Crippen molar-refractivity contribution in [1.29, 1.82) is 5.41 Å². The number of carbonyl (C=O) groups is 4. The highest BCUT2D eigenvalue weighted by Gasteiger charge is 2.20. The van der Waals surface area contributed by atoms with Crippen LogP contribution in [0.1, 0.15) is 48.2 Å². The van der Waals surface area contributed by atoms with E-state index in [1.807, 2.05) is 0 Å². The molecule has 0 saturated carbocycles. The molecule has 0 spiro atoms. The average molecular weight is 684 g/mol. The van der Waals surface area contributed by atoms with Gasteiger partial charge < -0.3 is 40.7 Å². The van der Waals surface area contributed by atoms with Gasteiger partial charge in [0.25, 0.3) is 23.6 Å². The van der Waals surface area contributed by atoms with Crippen LogP contribution in [0, 0.1) is 5.41 Å². The second kappa shape index (κ2) is 14.4. The molecule has 248 valence electrons. The van der Waals surface area contributed by atoms with Crippen molar-refractivity contribution in [1.82, 2.24) is 19.0 Å². The molecule has 0 atom stereocenters. The molecule has 0 fully saturated rings. The van der Waals surface area contributed by atoms with Crippen LogP contribution in [0.2, 0.25) is 0 Å². The summed E-state index contributed by atoms with van der Waals surface area (Å²) in [6.07, 6.45) is 3.36. The Morgan fingerprint density at radius 2 is 1.34 bits per heavy atom. The summed E-state index contributed by atoms with van der Waals surface area (Å²) in [7, 11) is 1.35. The van der Waals surface area contributed by atoms with Crippen LogP contribution in [-0.2, 0) is 31.0 Å². The lowest BCUT2D eigenvalue weighted by Gasteiger charge is -2.10. The fourth-order valence-electron chi connectivity index (χ4n) is 4.60. The summed E-state index contributed by atoms with van der Waals surface area (Å²) < 4.78 is 28.9. The number of rotatable bonds is 13. The van der Waals surface area contributed by atoms with Crippen LogP contribution in [0.5, 0.6) is 0 Å². The molecule has 3 heterocycles. The SMILES string of the molecule is Cn1cc(NC(=O)c2cc(NC(=O)c3ccc(NC(=O)c4ccc(S(=O)(=O)CCCl)cc4)n3C)cn2C)cc1C(=O)NCCC(=N)N. The second-order valence-corrected chi connectivity index (χ2v) is 13.0. The van der Waals surface area contributed by atoms with Gasteiger partial charge in [0.1, 0.15) is 22.9 Å². The number of carbonyl (C=O) groups excluding carboxylic acids is 4. The number of amidine groups is 1. The molecule has 0 saturated heterocycles. The van der Waals surface area contributed by atoms with E-state index in [0.717, 1.165) is 0 Å². The molecule has 1 aromatic carbocycles. The first-order valence-electron chi connectivity index (χ1n) is 14.1. The molecule has 0 aliphatic heterocycles. The highest BCUT2D eigenvalue weighted by Crippen LogP contribution is 2.20. The van der Waals surface area contributed by atoms with Gasteiger partial charge in [-0.25, -0.2) is 8.42 Å². The number of aromatic nitrogens is 3. The van der Waals surface area contributed by atoms with E-state index in [4.69, 9.17) is 22.7 Å². The van der Waals surface area contributed by atoms with Crippen molar-refractivity contribution < 1.29 is 27.6 Å². The van der Waals surface area contributed by atoms with Gasteiger partial charge >= 0.3 is 0 Å². The number of anilines is 3. The molecule has 4 rings (SSSR count). The van der Waals surface area contributed by atoms with E-state index in [1.165, 1.54) is 51.6 Å². The first kappa shape index (κ1) is 34.5. The van der Waals surface area contributed by atoms with Crippen LogP contribution >= 0.6 is 11.6 Å². The Morgan fingerprint density at radius 3 is 1.89 bits per heavy atom. The largest absolute Gasteiger partial charge is 0.388 e. The minimum absolute atomic E-state index is 0.0407. The molecular weight excluding hydrogens is 650 g/mol. The lowest BCUT2D eigenvalue weighted by Crippen LogP contribution is -2.28. The van der Waals surface area contributed by atoms with Crippen molar-refractivity contribution in [2.75, 3.05) is 34.1 Å². The number of halogens is 1. The molecule has 4 aromatic rings. The van der Waals surface area contributed by atoms with Crippen LogP contribution in [0.25, 0.3) is 0 Å². The van der Waals surface area contributed by atoms with Crippen molar-refractivity contribution >= 4 is 68.1 Å². The van der Waals surface area contributed by atoms with Crippen LogP contribution < -0.4 is 27.0 Å². The molecule has 17 heteroatoms. The Morgan fingerprint density at radius 1 is 0.787 bits per heavy atom. The Kier molecular flexibility index (Phi) is 10.6. The zero-order valence-electron chi connectivity index (χ0n) is 25.8. The molecule has 0 aliphatic rings. The summed E-state index contributed by atoms with van der Waals surface area (Å²) in [5.41, 5.74) is 7.01. The Labute approximate surface area is 275 Å². The lowest BCUT2D eigenvalue weighted by molar-refractivity contribution is 0.0944. The summed E-state index contributed by atoms with van der Waals surface area (Å²) in [5, 5.41) is 18.1. The molecule has 0 bridgehead atoms. The number of nitrogens with zero attached hydrogens (tertiary/aromatic N) is 3. The van der Waals surface area contributed by atoms with E-state index in [-0.39, 0.29) is 58.2 Å². The first-order chi connectivity index (χ1) is 22.2. The third-order valence-corrected chi connectivity index (χ3v) is 9.23. The number of hydrogen-bond acceptors (Lipinski definition) is 7. The summed E-state index contributed by atoms with van der Waals surface area (Å²) in [6.45, 7) is 0.206. The van der Waals surface area contributed by atoms with Gasteiger partial charge in [-0.05, 0) is 48.5 Å². The number of hydrogen-bond donors (Lipinski definition) is 6. The summed E-state index contributed by atoms with van der Waals surface area (Å²) in [4.78, 5) is 51.5. The summed E-state index contributed by atoms with van der Waals surface area (Å²) in [6, 6.07) is 11.5. The van der Waals surface area contributed by atoms with Crippen LogP contribution in [0.15, 0.2) is 65.8 Å². The van der Waals surface area contributed by atoms with Gasteiger partial charge in [-0.15, -0.1) is 11.6 Å². The molecular formula is C30H34ClN9O6S. The van der Waals surface area contributed by atoms with Crippen LogP contribution in [0.4, 0.5) is 17.2 Å². The van der Waals surface area contributed by atoms with E-state index >= 15 is 0 Å². The predicted octanol–water partition coefficient (Wildman–Crippen LogP) is 2.53. The maximum Gasteiger partial charge on any atom is 0.272 e. The Balaban J connectivity index is 1.38. The fraction of sp³-hybridized carbons (Fsp3) is 0.233. The Hall–Kier alpha value is -5.35. The fourth-order valence-corrected chi connectivity index (χ4v) is 6.19. The number of alkyl halides is 1. The maximum absolute atomic E-state index is 13.1. The van der Waals surface area contributed by atoms with E-state index in [9.17, 15) is 27.6 Å². The zero-order chi connectivity index (χ0) is 34.5. The van der Waals surface area contributed by atoms with Gasteiger partial charge in [-0.3, -0.25) is 24.6 Å². The highest BCUT2D eigenvalue weighted by atomic mass is 35.5. The first-order valence-corrected chi connectivity index (χ1v) is 16.3. The quantitative estimate of drug-likeness (QED) is 0.0703. The average Bonchev–Trinajstić information content (AvgIpc) is 3.68. The van der Waals surface area contributed by atoms with Crippen molar-refractivity contribution in [3.8, 4) is 0 Å². The number of aryl methyl sites for hydroxylation is 2. The zero-order valence-corrected chi connectivity index (χ0v) is 27.3. The number of amides is 4. The molecule has 3 aromatic heterocycles. The van der Waals surface area contributed by atoms with Gasteiger partial charge in [0.05, 0.1) is 27.9 Å². The normalized spacial score (nSPS) is 11.1. The predicted molar refractivity (Wildman–Crippen MR) is 178 cm³/mol. The van der Waals surface area contributed by atoms with Crippen molar-refractivity contribution in [2.24, 2.45) is 26.9 Å². The van der Waals surface area contributed by atoms with E-state index in [1.54, 1.807) is 44.2 Å². The summed E-state index contributed by atoms with van der Waals surface area (Å²) >= 11 is 5.56. The number of benzene rings is 1. The molecule has 4 amide bonds. The van der Waals surface area contributed by atoms with Crippen LogP contribution in [0.3, 0.4) is 0 Å². The minimum atomic E-state index is -3.54. The van der Waals surface area contributed by atoms with Gasteiger partial charge in [0.15, 0.2) is 9.84 Å². The second-order valence-electron chi connectivity index (χ2n) is 10.5. The Bertz CT molecular complexity index is 1960. The number of nitrogens with two attached hydrogens (primary N) is 1. The number of sulfone groups is 1.